The number of fused-ring (bicyclic) bond motifs is 3. The van der Waals surface area contributed by atoms with Gasteiger partial charge in [-0.25, -0.2) is 9.78 Å². The molecule has 0 bridgehead atoms. The van der Waals surface area contributed by atoms with E-state index in [0.717, 1.165) is 28.7 Å². The number of unbranched alkanes of at least 4 members (excludes halogenated alkanes) is 2. The summed E-state index contributed by atoms with van der Waals surface area (Å²) in [5.74, 6) is 0.990. The highest BCUT2D eigenvalue weighted by molar-refractivity contribution is 5.93. The molecule has 0 saturated heterocycles. The Balaban J connectivity index is 1.01. The molecule has 1 N–H and O–H groups in total. The molecule has 278 valence electrons. The minimum absolute atomic E-state index is 0.0294. The number of methoxy groups -OCH3 is 1. The number of alkyl halides is 3. The summed E-state index contributed by atoms with van der Waals surface area (Å²) in [6, 6.07) is 14.5. The predicted octanol–water partition coefficient (Wildman–Crippen LogP) is 5.00. The van der Waals surface area contributed by atoms with E-state index >= 15 is 0 Å². The first kappa shape index (κ1) is 38.2. The number of nitrogens with one attached hydrogen (secondary N) is 1. The van der Waals surface area contributed by atoms with Gasteiger partial charge in [-0.2, -0.15) is 18.2 Å². The number of rotatable bonds is 20. The molecule has 0 atom stereocenters. The summed E-state index contributed by atoms with van der Waals surface area (Å²) < 4.78 is 74.5. The number of halogens is 3. The SMILES string of the molecule is COCCOCCOc1cccc2c(OCCOCCOC(=O)CCCCCn3c4nc(=O)[nH]c(=O)c-4nc4cc(C(F)(F)F)ccc43)cccc12. The number of ether oxygens (including phenoxy) is 6. The van der Waals surface area contributed by atoms with Crippen LogP contribution in [-0.4, -0.2) is 85.5 Å². The summed E-state index contributed by atoms with van der Waals surface area (Å²) in [5.41, 5.74) is -2.67. The lowest BCUT2D eigenvalue weighted by Crippen LogP contribution is -2.29. The molecule has 2 aliphatic rings. The second kappa shape index (κ2) is 18.4. The largest absolute Gasteiger partial charge is 0.491 e. The normalized spacial score (nSPS) is 11.8. The molecule has 2 heterocycles. The molecular formula is C36H39F3N4O9. The summed E-state index contributed by atoms with van der Waals surface area (Å²) in [6.45, 7) is 2.94. The molecule has 2 aliphatic heterocycles. The van der Waals surface area contributed by atoms with Crippen molar-refractivity contribution in [2.75, 3.05) is 60.0 Å². The minimum Gasteiger partial charge on any atom is -0.491 e. The Labute approximate surface area is 295 Å². The Morgan fingerprint density at radius 1 is 0.788 bits per heavy atom. The van der Waals surface area contributed by atoms with Gasteiger partial charge >= 0.3 is 17.8 Å². The van der Waals surface area contributed by atoms with Crippen LogP contribution in [0.2, 0.25) is 0 Å². The van der Waals surface area contributed by atoms with E-state index < -0.39 is 29.0 Å². The van der Waals surface area contributed by atoms with Crippen molar-refractivity contribution >= 4 is 27.8 Å². The third-order valence-corrected chi connectivity index (χ3v) is 7.93. The van der Waals surface area contributed by atoms with E-state index in [1.165, 1.54) is 10.6 Å². The van der Waals surface area contributed by atoms with Crippen LogP contribution in [0.4, 0.5) is 13.2 Å². The predicted molar refractivity (Wildman–Crippen MR) is 184 cm³/mol. The number of H-pyrrole nitrogens is 1. The maximum atomic E-state index is 13.3. The van der Waals surface area contributed by atoms with Gasteiger partial charge < -0.3 is 33.0 Å². The number of aromatic amines is 1. The first-order valence-corrected chi connectivity index (χ1v) is 16.7. The van der Waals surface area contributed by atoms with E-state index in [4.69, 9.17) is 28.4 Å². The van der Waals surface area contributed by atoms with Gasteiger partial charge in [-0.3, -0.25) is 14.6 Å². The fourth-order valence-corrected chi connectivity index (χ4v) is 5.48. The number of nitrogens with zero attached hydrogens (tertiary/aromatic N) is 3. The van der Waals surface area contributed by atoms with Gasteiger partial charge in [0.2, 0.25) is 0 Å². The highest BCUT2D eigenvalue weighted by Gasteiger charge is 2.31. The van der Waals surface area contributed by atoms with Gasteiger partial charge in [-0.15, -0.1) is 0 Å². The molecule has 0 amide bonds. The highest BCUT2D eigenvalue weighted by atomic mass is 19.4. The smallest absolute Gasteiger partial charge is 0.416 e. The summed E-state index contributed by atoms with van der Waals surface area (Å²) in [7, 11) is 1.62. The lowest BCUT2D eigenvalue weighted by atomic mass is 10.1. The Kier molecular flexibility index (Phi) is 13.5. The maximum Gasteiger partial charge on any atom is 0.416 e. The van der Waals surface area contributed by atoms with Crippen molar-refractivity contribution in [2.45, 2.75) is 38.4 Å². The van der Waals surface area contributed by atoms with Crippen LogP contribution in [0.15, 0.2) is 64.2 Å². The highest BCUT2D eigenvalue weighted by Crippen LogP contribution is 2.33. The quantitative estimate of drug-likeness (QED) is 0.0655. The van der Waals surface area contributed by atoms with Crippen molar-refractivity contribution in [3.8, 4) is 23.0 Å². The summed E-state index contributed by atoms with van der Waals surface area (Å²) in [5, 5.41) is 1.82. The molecule has 0 unspecified atom stereocenters. The van der Waals surface area contributed by atoms with E-state index in [1.807, 2.05) is 41.4 Å². The molecule has 3 aromatic rings. The fourth-order valence-electron chi connectivity index (χ4n) is 5.48. The van der Waals surface area contributed by atoms with Gasteiger partial charge in [-0.1, -0.05) is 30.7 Å². The fraction of sp³-hybridized carbons (Fsp3) is 0.417. The molecule has 0 saturated carbocycles. The van der Waals surface area contributed by atoms with Gasteiger partial charge in [0, 0.05) is 30.8 Å². The van der Waals surface area contributed by atoms with Crippen molar-refractivity contribution in [3.63, 3.8) is 0 Å². The third kappa shape index (κ3) is 10.3. The van der Waals surface area contributed by atoms with E-state index in [9.17, 15) is 27.6 Å². The molecule has 0 fully saturated rings. The van der Waals surface area contributed by atoms with Gasteiger partial charge in [0.15, 0.2) is 11.5 Å². The summed E-state index contributed by atoms with van der Waals surface area (Å²) >= 11 is 0. The molecule has 52 heavy (non-hydrogen) atoms. The number of hydrogen-bond donors (Lipinski definition) is 1. The van der Waals surface area contributed by atoms with Crippen molar-refractivity contribution in [1.29, 1.82) is 0 Å². The Morgan fingerprint density at radius 3 is 2.10 bits per heavy atom. The molecule has 16 heteroatoms. The summed E-state index contributed by atoms with van der Waals surface area (Å²) in [6.07, 6.45) is -2.94. The van der Waals surface area contributed by atoms with E-state index in [1.54, 1.807) is 7.11 Å². The zero-order chi connectivity index (χ0) is 36.9. The average molecular weight is 729 g/mol. The minimum atomic E-state index is -4.60. The van der Waals surface area contributed by atoms with Crippen molar-refractivity contribution in [2.24, 2.45) is 0 Å². The number of carbonyl (C=O) groups is 1. The van der Waals surface area contributed by atoms with Gasteiger partial charge in [0.1, 0.15) is 31.3 Å². The average Bonchev–Trinajstić information content (AvgIpc) is 3.12. The maximum absolute atomic E-state index is 13.3. The van der Waals surface area contributed by atoms with Gasteiger partial charge in [-0.05, 0) is 43.2 Å². The lowest BCUT2D eigenvalue weighted by molar-refractivity contribution is -0.145. The number of carbonyl (C=O) groups excluding carboxylic acids is 1. The molecule has 0 radical (unpaired) electrons. The zero-order valence-corrected chi connectivity index (χ0v) is 28.5. The van der Waals surface area contributed by atoms with Crippen LogP contribution in [0, 0.1) is 0 Å². The van der Waals surface area contributed by atoms with Crippen LogP contribution in [0.25, 0.3) is 33.3 Å². The van der Waals surface area contributed by atoms with Crippen LogP contribution in [0.1, 0.15) is 31.2 Å². The third-order valence-electron chi connectivity index (χ3n) is 7.93. The zero-order valence-electron chi connectivity index (χ0n) is 28.5. The van der Waals surface area contributed by atoms with Crippen molar-refractivity contribution in [1.82, 2.24) is 19.5 Å². The lowest BCUT2D eigenvalue weighted by Gasteiger charge is -2.17. The number of benzene rings is 3. The number of esters is 1. The Morgan fingerprint density at radius 2 is 1.44 bits per heavy atom. The number of aromatic nitrogens is 4. The van der Waals surface area contributed by atoms with Gasteiger partial charge in [0.25, 0.3) is 5.56 Å². The van der Waals surface area contributed by atoms with Crippen molar-refractivity contribution in [3.05, 3.63) is 81.0 Å². The van der Waals surface area contributed by atoms with E-state index in [2.05, 4.69) is 9.97 Å². The van der Waals surface area contributed by atoms with Crippen LogP contribution < -0.4 is 20.7 Å². The Hall–Kier alpha value is -5.06. The first-order valence-electron chi connectivity index (χ1n) is 16.7. The Bertz CT molecular complexity index is 2030. The second-order valence-corrected chi connectivity index (χ2v) is 11.6. The van der Waals surface area contributed by atoms with Crippen LogP contribution >= 0.6 is 0 Å². The molecule has 0 aliphatic carbocycles. The molecule has 5 rings (SSSR count). The molecule has 3 aromatic carbocycles. The monoisotopic (exact) mass is 728 g/mol. The first-order chi connectivity index (χ1) is 25.2. The van der Waals surface area contributed by atoms with Crippen LogP contribution in [0.5, 0.6) is 11.5 Å². The van der Waals surface area contributed by atoms with Crippen molar-refractivity contribution < 1.29 is 46.4 Å². The topological polar surface area (TPSA) is 153 Å². The van der Waals surface area contributed by atoms with E-state index in [0.29, 0.717) is 51.4 Å². The number of aryl methyl sites for hydroxylation is 1. The molecule has 0 aromatic heterocycles. The van der Waals surface area contributed by atoms with E-state index in [-0.39, 0.29) is 61.9 Å². The van der Waals surface area contributed by atoms with Crippen LogP contribution in [0.3, 0.4) is 0 Å². The number of hydrogen-bond acceptors (Lipinski definition) is 11. The summed E-state index contributed by atoms with van der Waals surface area (Å²) in [4.78, 5) is 46.5. The second-order valence-electron chi connectivity index (χ2n) is 11.6. The standard InChI is InChI=1S/C36H39F3N4O9/c1-47-15-16-48-17-20-50-29-9-5-8-26-25(29)7-6-10-30(26)51-21-18-49-19-22-52-31(44)11-3-2-4-14-43-28-13-12-24(36(37,38)39)23-27(28)40-32-33(43)41-35(46)42-34(32)45/h5-10,12-13,23H,2-4,11,14-22H2,1H3,(H,42,45,46). The molecule has 13 nitrogen and oxygen atoms in total. The molecule has 0 spiro atoms. The van der Waals surface area contributed by atoms with Crippen LogP contribution in [-0.2, 0) is 36.5 Å². The molecular weight excluding hydrogens is 689 g/mol. The van der Waals surface area contributed by atoms with Gasteiger partial charge in [0.05, 0.1) is 49.6 Å².